The summed E-state index contributed by atoms with van der Waals surface area (Å²) in [7, 11) is 0. The number of rotatable bonds is 14. The molecule has 0 spiro atoms. The third-order valence-corrected chi connectivity index (χ3v) is 5.79. The van der Waals surface area contributed by atoms with Gasteiger partial charge in [0, 0.05) is 12.4 Å². The fraction of sp³-hybridized carbons (Fsp3) is 0.194. The van der Waals surface area contributed by atoms with Crippen LogP contribution in [0.1, 0.15) is 16.7 Å². The largest absolute Gasteiger partial charge is 0.472 e. The second kappa shape index (κ2) is 13.9. The van der Waals surface area contributed by atoms with Crippen LogP contribution in [0.5, 0.6) is 11.9 Å². The van der Waals surface area contributed by atoms with Gasteiger partial charge in [-0.3, -0.25) is 0 Å². The molecule has 0 unspecified atom stereocenters. The van der Waals surface area contributed by atoms with Gasteiger partial charge in [-0.25, -0.2) is 9.97 Å². The summed E-state index contributed by atoms with van der Waals surface area (Å²) in [5.41, 5.74) is 4.55. The number of benzene rings is 3. The van der Waals surface area contributed by atoms with Crippen LogP contribution in [-0.4, -0.2) is 32.7 Å². The Balaban J connectivity index is 1.20. The maximum absolute atomic E-state index is 6.11. The van der Waals surface area contributed by atoms with Crippen molar-refractivity contribution >= 4 is 0 Å². The fourth-order valence-corrected chi connectivity index (χ4v) is 3.78. The van der Waals surface area contributed by atoms with Crippen molar-refractivity contribution in [3.05, 3.63) is 126 Å². The molecule has 0 radical (unpaired) electrons. The van der Waals surface area contributed by atoms with E-state index in [1.807, 2.05) is 102 Å². The highest BCUT2D eigenvalue weighted by Gasteiger charge is 2.15. The van der Waals surface area contributed by atoms with Crippen molar-refractivity contribution in [1.82, 2.24) is 19.5 Å². The van der Waals surface area contributed by atoms with E-state index in [4.69, 9.17) is 18.9 Å². The lowest BCUT2D eigenvalue weighted by Crippen LogP contribution is -2.07. The van der Waals surface area contributed by atoms with E-state index in [1.54, 1.807) is 12.5 Å². The molecule has 0 atom stereocenters. The summed E-state index contributed by atoms with van der Waals surface area (Å²) in [5, 5.41) is 0. The summed E-state index contributed by atoms with van der Waals surface area (Å²) < 4.78 is 25.2. The summed E-state index contributed by atoms with van der Waals surface area (Å²) >= 11 is 0. The van der Waals surface area contributed by atoms with Crippen LogP contribution in [0, 0.1) is 0 Å². The Bertz CT molecular complexity index is 1410. The molecule has 3 aromatic carbocycles. The van der Waals surface area contributed by atoms with Crippen molar-refractivity contribution in [3.8, 4) is 23.1 Å². The molecule has 0 N–H and O–H groups in total. The minimum Gasteiger partial charge on any atom is -0.472 e. The van der Waals surface area contributed by atoms with Gasteiger partial charge < -0.3 is 23.5 Å². The Labute approximate surface area is 227 Å². The lowest BCUT2D eigenvalue weighted by Gasteiger charge is -2.11. The number of nitrogens with zero attached hydrogens (tertiary/aromatic N) is 4. The second-order valence-electron chi connectivity index (χ2n) is 8.77. The molecule has 0 amide bonds. The molecule has 2 aromatic heterocycles. The molecule has 0 aliphatic rings. The topological polar surface area (TPSA) is 80.5 Å². The van der Waals surface area contributed by atoms with Crippen LogP contribution in [0.3, 0.4) is 0 Å². The van der Waals surface area contributed by atoms with E-state index in [0.29, 0.717) is 56.9 Å². The maximum Gasteiger partial charge on any atom is 0.320 e. The van der Waals surface area contributed by atoms with Gasteiger partial charge in [-0.1, -0.05) is 91.0 Å². The third kappa shape index (κ3) is 7.98. The van der Waals surface area contributed by atoms with Crippen LogP contribution in [0.25, 0.3) is 11.3 Å². The molecular formula is C31H30N4O4. The molecule has 0 bridgehead atoms. The van der Waals surface area contributed by atoms with Gasteiger partial charge in [0.2, 0.25) is 5.88 Å². The van der Waals surface area contributed by atoms with Gasteiger partial charge in [-0.2, -0.15) is 4.98 Å². The Morgan fingerprint density at radius 1 is 0.615 bits per heavy atom. The van der Waals surface area contributed by atoms with Crippen LogP contribution in [0.2, 0.25) is 0 Å². The van der Waals surface area contributed by atoms with Crippen LogP contribution >= 0.6 is 0 Å². The van der Waals surface area contributed by atoms with Crippen molar-refractivity contribution < 1.29 is 18.9 Å². The van der Waals surface area contributed by atoms with Crippen LogP contribution in [0.4, 0.5) is 0 Å². The predicted octanol–water partition coefficient (Wildman–Crippen LogP) is 5.69. The first kappa shape index (κ1) is 26.1. The minimum absolute atomic E-state index is 0.240. The third-order valence-electron chi connectivity index (χ3n) is 5.79. The molecular weight excluding hydrogens is 492 g/mol. The van der Waals surface area contributed by atoms with Gasteiger partial charge >= 0.3 is 6.01 Å². The number of hydrogen-bond donors (Lipinski definition) is 0. The summed E-state index contributed by atoms with van der Waals surface area (Å²) in [5.74, 6) is 0.400. The molecule has 5 rings (SSSR count). The molecule has 0 saturated heterocycles. The zero-order valence-electron chi connectivity index (χ0n) is 21.6. The summed E-state index contributed by atoms with van der Waals surface area (Å²) in [6.07, 6.45) is 5.27. The number of aromatic nitrogens is 4. The standard InChI is InChI=1S/C31H30N4O4/c1-4-10-25(11-5-1)20-36-16-17-37-24-35-19-29(33-23-35)28-18-32-31(39-22-27-14-8-3-9-15-27)34-30(28)38-21-26-12-6-2-7-13-26/h1-15,18-19,23H,16-17,20-22,24H2. The highest BCUT2D eigenvalue weighted by molar-refractivity contribution is 5.63. The van der Waals surface area contributed by atoms with E-state index in [9.17, 15) is 0 Å². The first-order chi connectivity index (χ1) is 19.3. The van der Waals surface area contributed by atoms with E-state index in [0.717, 1.165) is 16.7 Å². The van der Waals surface area contributed by atoms with Gasteiger partial charge in [0.05, 0.1) is 37.4 Å². The monoisotopic (exact) mass is 522 g/mol. The molecule has 2 heterocycles. The Hall–Kier alpha value is -4.53. The molecule has 198 valence electrons. The normalized spacial score (nSPS) is 10.9. The summed E-state index contributed by atoms with van der Waals surface area (Å²) in [6, 6.07) is 30.1. The fourth-order valence-electron chi connectivity index (χ4n) is 3.78. The second-order valence-corrected chi connectivity index (χ2v) is 8.77. The Morgan fingerprint density at radius 2 is 1.21 bits per heavy atom. The summed E-state index contributed by atoms with van der Waals surface area (Å²) in [6.45, 7) is 2.61. The number of ether oxygens (including phenoxy) is 4. The van der Waals surface area contributed by atoms with Gasteiger partial charge in [0.15, 0.2) is 0 Å². The molecule has 0 fully saturated rings. The smallest absolute Gasteiger partial charge is 0.320 e. The minimum atomic E-state index is 0.240. The van der Waals surface area contributed by atoms with Gasteiger partial charge in [0.25, 0.3) is 0 Å². The number of imidazole rings is 1. The Morgan fingerprint density at radius 3 is 1.87 bits per heavy atom. The van der Waals surface area contributed by atoms with E-state index >= 15 is 0 Å². The lowest BCUT2D eigenvalue weighted by atomic mass is 10.2. The first-order valence-corrected chi connectivity index (χ1v) is 12.8. The van der Waals surface area contributed by atoms with Gasteiger partial charge in [-0.05, 0) is 16.7 Å². The van der Waals surface area contributed by atoms with E-state index in [1.165, 1.54) is 0 Å². The Kier molecular flexibility index (Phi) is 9.27. The van der Waals surface area contributed by atoms with Crippen molar-refractivity contribution in [1.29, 1.82) is 0 Å². The predicted molar refractivity (Wildman–Crippen MR) is 147 cm³/mol. The zero-order chi connectivity index (χ0) is 26.5. The average molecular weight is 523 g/mol. The molecule has 8 heteroatoms. The summed E-state index contributed by atoms with van der Waals surface area (Å²) in [4.78, 5) is 13.5. The van der Waals surface area contributed by atoms with Crippen LogP contribution in [-0.2, 0) is 36.0 Å². The van der Waals surface area contributed by atoms with Crippen LogP contribution in [0.15, 0.2) is 110 Å². The van der Waals surface area contributed by atoms with Crippen molar-refractivity contribution in [2.75, 3.05) is 13.2 Å². The number of hydrogen-bond acceptors (Lipinski definition) is 7. The van der Waals surface area contributed by atoms with Crippen molar-refractivity contribution in [2.45, 2.75) is 26.6 Å². The van der Waals surface area contributed by atoms with E-state index in [2.05, 4.69) is 15.0 Å². The van der Waals surface area contributed by atoms with Gasteiger partial charge in [-0.15, -0.1) is 0 Å². The average Bonchev–Trinajstić information content (AvgIpc) is 3.47. The van der Waals surface area contributed by atoms with E-state index in [-0.39, 0.29) is 6.01 Å². The maximum atomic E-state index is 6.11. The highest BCUT2D eigenvalue weighted by Crippen LogP contribution is 2.29. The van der Waals surface area contributed by atoms with Gasteiger partial charge in [0.1, 0.15) is 19.9 Å². The quantitative estimate of drug-likeness (QED) is 0.173. The van der Waals surface area contributed by atoms with Crippen molar-refractivity contribution in [3.63, 3.8) is 0 Å². The molecule has 0 aliphatic carbocycles. The lowest BCUT2D eigenvalue weighted by molar-refractivity contribution is 0.0136. The first-order valence-electron chi connectivity index (χ1n) is 12.8. The SMILES string of the molecule is c1ccc(COCCOCn2cnc(-c3cnc(OCc4ccccc4)nc3OCc3ccccc3)c2)cc1. The molecule has 8 nitrogen and oxygen atoms in total. The molecule has 39 heavy (non-hydrogen) atoms. The van der Waals surface area contributed by atoms with E-state index < -0.39 is 0 Å². The zero-order valence-corrected chi connectivity index (χ0v) is 21.6. The van der Waals surface area contributed by atoms with Crippen molar-refractivity contribution in [2.24, 2.45) is 0 Å². The highest BCUT2D eigenvalue weighted by atomic mass is 16.5. The molecule has 0 saturated carbocycles. The molecule has 0 aliphatic heterocycles. The molecule has 5 aromatic rings. The van der Waals surface area contributed by atoms with Crippen LogP contribution < -0.4 is 9.47 Å².